The van der Waals surface area contributed by atoms with Crippen molar-refractivity contribution < 1.29 is 14.9 Å². The molecule has 3 atom stereocenters. The molecule has 0 aliphatic carbocycles. The fourth-order valence-electron chi connectivity index (χ4n) is 3.17. The van der Waals surface area contributed by atoms with Crippen LogP contribution in [0.5, 0.6) is 5.75 Å². The highest BCUT2D eigenvalue weighted by molar-refractivity contribution is 5.31. The van der Waals surface area contributed by atoms with E-state index in [9.17, 15) is 10.2 Å². The van der Waals surface area contributed by atoms with Crippen LogP contribution >= 0.6 is 0 Å². The fraction of sp³-hybridized carbons (Fsp3) is 0.368. The van der Waals surface area contributed by atoms with E-state index in [0.717, 1.165) is 16.9 Å². The van der Waals surface area contributed by atoms with Gasteiger partial charge >= 0.3 is 0 Å². The summed E-state index contributed by atoms with van der Waals surface area (Å²) in [4.78, 5) is 1.95. The summed E-state index contributed by atoms with van der Waals surface area (Å²) >= 11 is 0. The van der Waals surface area contributed by atoms with Gasteiger partial charge in [-0.3, -0.25) is 0 Å². The van der Waals surface area contributed by atoms with E-state index in [-0.39, 0.29) is 5.92 Å². The highest BCUT2D eigenvalue weighted by Crippen LogP contribution is 2.29. The zero-order chi connectivity index (χ0) is 16.2. The van der Waals surface area contributed by atoms with Crippen LogP contribution in [0.15, 0.2) is 54.6 Å². The first-order valence-electron chi connectivity index (χ1n) is 7.95. The van der Waals surface area contributed by atoms with Crippen LogP contribution in [0.4, 0.5) is 0 Å². The maximum Gasteiger partial charge on any atom is 0.119 e. The van der Waals surface area contributed by atoms with Crippen molar-refractivity contribution in [1.29, 1.82) is 0 Å². The standard InChI is InChI=1S/C19H23NO3/c1-20-11-17(21)19(18(22)12-20)15-7-9-16(10-8-15)23-13-14-5-3-2-4-6-14/h2-10,17-19,21-22H,11-13H2,1H3/t17-,18?,19?/m1/s1. The molecule has 0 amide bonds. The molecule has 1 aliphatic rings. The molecule has 0 aromatic heterocycles. The van der Waals surface area contributed by atoms with Gasteiger partial charge in [-0.15, -0.1) is 0 Å². The summed E-state index contributed by atoms with van der Waals surface area (Å²) in [5, 5.41) is 20.5. The molecular weight excluding hydrogens is 290 g/mol. The molecule has 2 N–H and O–H groups in total. The summed E-state index contributed by atoms with van der Waals surface area (Å²) in [5.74, 6) is 0.545. The molecule has 23 heavy (non-hydrogen) atoms. The van der Waals surface area contributed by atoms with Crippen LogP contribution in [0.2, 0.25) is 0 Å². The Hall–Kier alpha value is -1.88. The van der Waals surface area contributed by atoms with E-state index in [4.69, 9.17) is 4.74 Å². The molecule has 0 spiro atoms. The minimum atomic E-state index is -0.556. The third kappa shape index (κ3) is 3.91. The van der Waals surface area contributed by atoms with Crippen LogP contribution in [0.3, 0.4) is 0 Å². The van der Waals surface area contributed by atoms with Gasteiger partial charge in [0.1, 0.15) is 12.4 Å². The van der Waals surface area contributed by atoms with E-state index in [1.165, 1.54) is 0 Å². The van der Waals surface area contributed by atoms with Crippen molar-refractivity contribution in [3.8, 4) is 5.75 Å². The predicted octanol–water partition coefficient (Wildman–Crippen LogP) is 2.02. The summed E-state index contributed by atoms with van der Waals surface area (Å²) in [7, 11) is 1.91. The molecule has 1 fully saturated rings. The normalized spacial score (nSPS) is 25.3. The van der Waals surface area contributed by atoms with Crippen molar-refractivity contribution in [2.24, 2.45) is 0 Å². The number of rotatable bonds is 4. The number of piperidine rings is 1. The molecule has 2 unspecified atom stereocenters. The van der Waals surface area contributed by atoms with Gasteiger partial charge in [-0.05, 0) is 30.3 Å². The average molecular weight is 313 g/mol. The topological polar surface area (TPSA) is 52.9 Å². The summed E-state index contributed by atoms with van der Waals surface area (Å²) in [6, 6.07) is 17.7. The van der Waals surface area contributed by atoms with Gasteiger partial charge in [0.2, 0.25) is 0 Å². The monoisotopic (exact) mass is 313 g/mol. The van der Waals surface area contributed by atoms with Crippen LogP contribution in [0.25, 0.3) is 0 Å². The highest BCUT2D eigenvalue weighted by atomic mass is 16.5. The van der Waals surface area contributed by atoms with Gasteiger partial charge in [0.25, 0.3) is 0 Å². The molecular formula is C19H23NO3. The molecule has 4 heteroatoms. The number of aliphatic hydroxyl groups is 2. The second-order valence-electron chi connectivity index (χ2n) is 6.22. The Balaban J connectivity index is 1.65. The molecule has 2 aromatic rings. The molecule has 3 rings (SSSR count). The Kier molecular flexibility index (Phi) is 4.96. The number of nitrogens with zero attached hydrogens (tertiary/aromatic N) is 1. The predicted molar refractivity (Wildman–Crippen MR) is 89.5 cm³/mol. The maximum absolute atomic E-state index is 10.3. The minimum absolute atomic E-state index is 0.241. The van der Waals surface area contributed by atoms with Crippen LogP contribution in [-0.2, 0) is 6.61 Å². The molecule has 2 aromatic carbocycles. The quantitative estimate of drug-likeness (QED) is 0.907. The minimum Gasteiger partial charge on any atom is -0.489 e. The SMILES string of the molecule is CN1CC(O)C(c2ccc(OCc3ccccc3)cc2)[C@H](O)C1. The van der Waals surface area contributed by atoms with Gasteiger partial charge in [0, 0.05) is 19.0 Å². The maximum atomic E-state index is 10.3. The van der Waals surface area contributed by atoms with Crippen molar-refractivity contribution in [1.82, 2.24) is 4.90 Å². The van der Waals surface area contributed by atoms with E-state index >= 15 is 0 Å². The van der Waals surface area contributed by atoms with E-state index in [1.807, 2.05) is 66.5 Å². The highest BCUT2D eigenvalue weighted by Gasteiger charge is 2.34. The second kappa shape index (κ2) is 7.13. The van der Waals surface area contributed by atoms with Crippen LogP contribution in [-0.4, -0.2) is 47.5 Å². The molecule has 1 saturated heterocycles. The van der Waals surface area contributed by atoms with E-state index in [0.29, 0.717) is 19.7 Å². The number of hydrogen-bond acceptors (Lipinski definition) is 4. The van der Waals surface area contributed by atoms with Crippen molar-refractivity contribution in [3.63, 3.8) is 0 Å². The Bertz CT molecular complexity index is 602. The van der Waals surface area contributed by atoms with Crippen LogP contribution in [0.1, 0.15) is 17.0 Å². The molecule has 0 saturated carbocycles. The smallest absolute Gasteiger partial charge is 0.119 e. The lowest BCUT2D eigenvalue weighted by Gasteiger charge is -2.37. The lowest BCUT2D eigenvalue weighted by molar-refractivity contribution is -0.0204. The van der Waals surface area contributed by atoms with Crippen molar-refractivity contribution in [2.45, 2.75) is 24.7 Å². The number of benzene rings is 2. The summed E-state index contributed by atoms with van der Waals surface area (Å²) in [6.07, 6.45) is -1.11. The Labute approximate surface area is 136 Å². The Morgan fingerprint density at radius 2 is 1.57 bits per heavy atom. The molecule has 0 bridgehead atoms. The van der Waals surface area contributed by atoms with E-state index in [1.54, 1.807) is 0 Å². The fourth-order valence-corrected chi connectivity index (χ4v) is 3.17. The number of β-amino-alcohol motifs (C(OH)–C–C–N with tert-alkyl or cyclic N) is 2. The molecule has 1 aliphatic heterocycles. The third-order valence-electron chi connectivity index (χ3n) is 4.34. The van der Waals surface area contributed by atoms with Gasteiger partial charge < -0.3 is 19.8 Å². The molecule has 0 radical (unpaired) electrons. The van der Waals surface area contributed by atoms with E-state index in [2.05, 4.69) is 0 Å². The lowest BCUT2D eigenvalue weighted by atomic mass is 9.85. The number of aliphatic hydroxyl groups excluding tert-OH is 2. The van der Waals surface area contributed by atoms with Crippen molar-refractivity contribution >= 4 is 0 Å². The first-order valence-corrected chi connectivity index (χ1v) is 7.95. The number of ether oxygens (including phenoxy) is 1. The largest absolute Gasteiger partial charge is 0.489 e. The first-order chi connectivity index (χ1) is 11.1. The van der Waals surface area contributed by atoms with Gasteiger partial charge in [0.05, 0.1) is 12.2 Å². The first kappa shape index (κ1) is 16.0. The third-order valence-corrected chi connectivity index (χ3v) is 4.34. The van der Waals surface area contributed by atoms with Crippen LogP contribution < -0.4 is 4.74 Å². The zero-order valence-electron chi connectivity index (χ0n) is 13.3. The van der Waals surface area contributed by atoms with Crippen LogP contribution in [0, 0.1) is 0 Å². The summed E-state index contributed by atoms with van der Waals surface area (Å²) < 4.78 is 5.77. The second-order valence-corrected chi connectivity index (χ2v) is 6.22. The van der Waals surface area contributed by atoms with Crippen molar-refractivity contribution in [3.05, 3.63) is 65.7 Å². The average Bonchev–Trinajstić information content (AvgIpc) is 2.54. The molecule has 4 nitrogen and oxygen atoms in total. The summed E-state index contributed by atoms with van der Waals surface area (Å²) in [5.41, 5.74) is 2.07. The van der Waals surface area contributed by atoms with Gasteiger partial charge in [-0.2, -0.15) is 0 Å². The number of likely N-dealkylation sites (tertiary alicyclic amines) is 1. The summed E-state index contributed by atoms with van der Waals surface area (Å²) in [6.45, 7) is 1.68. The number of likely N-dealkylation sites (N-methyl/N-ethyl adjacent to an activating group) is 1. The zero-order valence-corrected chi connectivity index (χ0v) is 13.3. The van der Waals surface area contributed by atoms with Crippen molar-refractivity contribution in [2.75, 3.05) is 20.1 Å². The van der Waals surface area contributed by atoms with E-state index < -0.39 is 12.2 Å². The van der Waals surface area contributed by atoms with Gasteiger partial charge in [-0.25, -0.2) is 0 Å². The van der Waals surface area contributed by atoms with Gasteiger partial charge in [0.15, 0.2) is 0 Å². The Morgan fingerprint density at radius 1 is 0.957 bits per heavy atom. The Morgan fingerprint density at radius 3 is 2.17 bits per heavy atom. The molecule has 1 heterocycles. The van der Waals surface area contributed by atoms with Gasteiger partial charge in [-0.1, -0.05) is 42.5 Å². The molecule has 122 valence electrons. The number of hydrogen-bond donors (Lipinski definition) is 2. The lowest BCUT2D eigenvalue weighted by Crippen LogP contribution is -2.49.